The number of benzene rings is 2. The molecule has 10 nitrogen and oxygen atoms in total. The Hall–Kier alpha value is -4.21. The summed E-state index contributed by atoms with van der Waals surface area (Å²) in [6.07, 6.45) is 0. The fourth-order valence-corrected chi connectivity index (χ4v) is 3.68. The second-order valence-corrected chi connectivity index (χ2v) is 6.65. The molecule has 30 heavy (non-hydrogen) atoms. The van der Waals surface area contributed by atoms with Crippen molar-refractivity contribution < 1.29 is 9.47 Å². The van der Waals surface area contributed by atoms with E-state index < -0.39 is 6.04 Å². The van der Waals surface area contributed by atoms with Gasteiger partial charge < -0.3 is 14.8 Å². The Balaban J connectivity index is 1.80. The Morgan fingerprint density at radius 1 is 1.03 bits per heavy atom. The second-order valence-electron chi connectivity index (χ2n) is 6.65. The van der Waals surface area contributed by atoms with Crippen molar-refractivity contribution in [2.24, 2.45) is 0 Å². The predicted octanol–water partition coefficient (Wildman–Crippen LogP) is 2.14. The minimum atomic E-state index is -0.504. The van der Waals surface area contributed by atoms with E-state index in [-0.39, 0.29) is 5.56 Å². The van der Waals surface area contributed by atoms with Crippen molar-refractivity contribution in [1.82, 2.24) is 30.4 Å². The zero-order valence-corrected chi connectivity index (χ0v) is 16.2. The zero-order chi connectivity index (χ0) is 20.7. The smallest absolute Gasteiger partial charge is 0.288 e. The highest BCUT2D eigenvalue weighted by Gasteiger charge is 2.34. The highest BCUT2D eigenvalue weighted by atomic mass is 16.5. The molecule has 1 aliphatic heterocycles. The van der Waals surface area contributed by atoms with Crippen LogP contribution in [0.25, 0.3) is 11.3 Å². The molecule has 0 unspecified atom stereocenters. The molecule has 0 saturated heterocycles. The quantitative estimate of drug-likeness (QED) is 0.468. The normalized spacial score (nSPS) is 14.4. The summed E-state index contributed by atoms with van der Waals surface area (Å²) in [5.74, 6) is 1.52. The Labute approximate surface area is 170 Å². The van der Waals surface area contributed by atoms with Gasteiger partial charge in [-0.1, -0.05) is 41.5 Å². The Morgan fingerprint density at radius 3 is 2.60 bits per heavy atom. The molecule has 4 aromatic rings. The molecule has 150 valence electrons. The lowest BCUT2D eigenvalue weighted by Crippen LogP contribution is -2.29. The number of ether oxygens (including phenoxy) is 2. The summed E-state index contributed by atoms with van der Waals surface area (Å²) in [5.41, 5.74) is 2.95. The van der Waals surface area contributed by atoms with E-state index in [2.05, 4.69) is 31.0 Å². The maximum Gasteiger partial charge on any atom is 0.288 e. The van der Waals surface area contributed by atoms with Crippen molar-refractivity contribution in [1.29, 1.82) is 0 Å². The zero-order valence-electron chi connectivity index (χ0n) is 16.2. The fraction of sp³-hybridized carbons (Fsp3) is 0.150. The first-order valence-electron chi connectivity index (χ1n) is 9.16. The molecule has 2 aromatic carbocycles. The highest BCUT2D eigenvalue weighted by molar-refractivity contribution is 5.75. The molecule has 0 aliphatic carbocycles. The average molecular weight is 403 g/mol. The second kappa shape index (κ2) is 6.99. The number of hydrogen-bond donors (Lipinski definition) is 2. The molecule has 2 N–H and O–H groups in total. The van der Waals surface area contributed by atoms with Crippen LogP contribution in [0.5, 0.6) is 11.5 Å². The van der Waals surface area contributed by atoms with E-state index in [1.54, 1.807) is 18.9 Å². The molecule has 0 bridgehead atoms. The van der Waals surface area contributed by atoms with Gasteiger partial charge in [-0.05, 0) is 28.1 Å². The Kier molecular flexibility index (Phi) is 4.16. The van der Waals surface area contributed by atoms with E-state index in [1.807, 2.05) is 48.5 Å². The summed E-state index contributed by atoms with van der Waals surface area (Å²) < 4.78 is 12.5. The van der Waals surface area contributed by atoms with Gasteiger partial charge in [0.2, 0.25) is 5.95 Å². The summed E-state index contributed by atoms with van der Waals surface area (Å²) in [4.78, 5) is 12.7. The Morgan fingerprint density at radius 2 is 1.83 bits per heavy atom. The summed E-state index contributed by atoms with van der Waals surface area (Å²) in [7, 11) is 3.15. The number of aromatic amines is 1. The fourth-order valence-electron chi connectivity index (χ4n) is 3.68. The number of fused-ring (bicyclic) bond motifs is 2. The average Bonchev–Trinajstić information content (AvgIpc) is 3.26. The molecule has 1 atom stereocenters. The molecule has 2 aromatic heterocycles. The third-order valence-electron chi connectivity index (χ3n) is 5.04. The largest absolute Gasteiger partial charge is 0.493 e. The van der Waals surface area contributed by atoms with Gasteiger partial charge in [0.15, 0.2) is 11.5 Å². The van der Waals surface area contributed by atoms with Gasteiger partial charge in [0.1, 0.15) is 11.7 Å². The van der Waals surface area contributed by atoms with E-state index in [4.69, 9.17) is 9.47 Å². The number of rotatable bonds is 4. The van der Waals surface area contributed by atoms with Gasteiger partial charge in [0, 0.05) is 11.1 Å². The van der Waals surface area contributed by atoms with E-state index in [1.165, 1.54) is 0 Å². The topological polar surface area (TPSA) is 120 Å². The van der Waals surface area contributed by atoms with Crippen LogP contribution in [0.15, 0.2) is 53.3 Å². The highest BCUT2D eigenvalue weighted by Crippen LogP contribution is 2.42. The van der Waals surface area contributed by atoms with Gasteiger partial charge in [0.05, 0.1) is 19.9 Å². The maximum absolute atomic E-state index is 12.7. The minimum Gasteiger partial charge on any atom is -0.493 e. The standard InChI is InChI=1S/C20H17N7O3/c1-29-13-9-8-12(10-14(13)30-2)18-15-16(11-6-4-3-5-7-11)22-23-19(28)17(15)21-20-24-25-26-27(18)20/h3-10,18H,1-2H3,(H,23,28)(H,21,24,26)/t18-/m0/s1. The first-order valence-corrected chi connectivity index (χ1v) is 9.16. The van der Waals surface area contributed by atoms with Crippen LogP contribution < -0.4 is 20.3 Å². The molecular weight excluding hydrogens is 386 g/mol. The molecule has 0 saturated carbocycles. The molecule has 5 rings (SSSR count). The summed E-state index contributed by atoms with van der Waals surface area (Å²) in [6, 6.07) is 14.7. The van der Waals surface area contributed by atoms with Crippen molar-refractivity contribution in [2.75, 3.05) is 19.5 Å². The lowest BCUT2D eigenvalue weighted by Gasteiger charge is -2.28. The van der Waals surface area contributed by atoms with E-state index in [9.17, 15) is 4.79 Å². The number of nitrogens with one attached hydrogen (secondary N) is 2. The van der Waals surface area contributed by atoms with Gasteiger partial charge in [-0.15, -0.1) is 0 Å². The van der Waals surface area contributed by atoms with Crippen LogP contribution in [0.4, 0.5) is 11.6 Å². The summed E-state index contributed by atoms with van der Waals surface area (Å²) in [6.45, 7) is 0. The van der Waals surface area contributed by atoms with Crippen molar-refractivity contribution in [2.45, 2.75) is 6.04 Å². The van der Waals surface area contributed by atoms with Gasteiger partial charge >= 0.3 is 0 Å². The first-order chi connectivity index (χ1) is 14.7. The van der Waals surface area contributed by atoms with Crippen molar-refractivity contribution in [3.8, 4) is 22.8 Å². The van der Waals surface area contributed by atoms with Crippen LogP contribution in [0.3, 0.4) is 0 Å². The third kappa shape index (κ3) is 2.69. The van der Waals surface area contributed by atoms with E-state index in [0.717, 1.165) is 11.1 Å². The van der Waals surface area contributed by atoms with Crippen LogP contribution in [-0.4, -0.2) is 44.6 Å². The minimum absolute atomic E-state index is 0.353. The lowest BCUT2D eigenvalue weighted by molar-refractivity contribution is 0.354. The van der Waals surface area contributed by atoms with Gasteiger partial charge in [-0.25, -0.2) is 5.10 Å². The van der Waals surface area contributed by atoms with E-state index >= 15 is 0 Å². The SMILES string of the molecule is COc1ccc([C@H]2c3c(-c4ccccc4)n[nH]c(=O)c3Nc3nnnn32)cc1OC. The van der Waals surface area contributed by atoms with Crippen molar-refractivity contribution in [3.05, 3.63) is 70.0 Å². The van der Waals surface area contributed by atoms with Crippen LogP contribution in [-0.2, 0) is 0 Å². The molecule has 0 fully saturated rings. The number of H-pyrrole nitrogens is 1. The molecule has 1 aliphatic rings. The predicted molar refractivity (Wildman–Crippen MR) is 108 cm³/mol. The number of methoxy groups -OCH3 is 2. The van der Waals surface area contributed by atoms with Crippen LogP contribution in [0, 0.1) is 0 Å². The van der Waals surface area contributed by atoms with Crippen LogP contribution in [0.1, 0.15) is 17.2 Å². The molecule has 0 amide bonds. The monoisotopic (exact) mass is 403 g/mol. The van der Waals surface area contributed by atoms with Crippen molar-refractivity contribution >= 4 is 11.6 Å². The van der Waals surface area contributed by atoms with Crippen LogP contribution in [0.2, 0.25) is 0 Å². The number of aromatic nitrogens is 6. The maximum atomic E-state index is 12.7. The molecule has 3 heterocycles. The molecule has 0 radical (unpaired) electrons. The lowest BCUT2D eigenvalue weighted by atomic mass is 9.92. The van der Waals surface area contributed by atoms with Gasteiger partial charge in [-0.2, -0.15) is 9.78 Å². The van der Waals surface area contributed by atoms with E-state index in [0.29, 0.717) is 34.4 Å². The third-order valence-corrected chi connectivity index (χ3v) is 5.04. The van der Waals surface area contributed by atoms with Gasteiger partial charge in [0.25, 0.3) is 5.56 Å². The Bertz CT molecular complexity index is 1280. The first kappa shape index (κ1) is 17.9. The molecular formula is C20H17N7O3. The van der Waals surface area contributed by atoms with Crippen molar-refractivity contribution in [3.63, 3.8) is 0 Å². The number of tetrazole rings is 1. The molecule has 10 heteroatoms. The van der Waals surface area contributed by atoms with Gasteiger partial charge in [-0.3, -0.25) is 4.79 Å². The summed E-state index contributed by atoms with van der Waals surface area (Å²) in [5, 5.41) is 21.9. The number of nitrogens with zero attached hydrogens (tertiary/aromatic N) is 5. The van der Waals surface area contributed by atoms with Crippen LogP contribution >= 0.6 is 0 Å². The summed E-state index contributed by atoms with van der Waals surface area (Å²) >= 11 is 0. The molecule has 0 spiro atoms. The number of anilines is 2. The number of hydrogen-bond acceptors (Lipinski definition) is 8.